The molecule has 1 aromatic heterocycles. The van der Waals surface area contributed by atoms with Crippen LogP contribution in [-0.2, 0) is 11.2 Å². The molecule has 1 aromatic carbocycles. The highest BCUT2D eigenvalue weighted by Gasteiger charge is 2.28. The Morgan fingerprint density at radius 2 is 1.87 bits per heavy atom. The first kappa shape index (κ1) is 15.9. The van der Waals surface area contributed by atoms with E-state index in [1.54, 1.807) is 12.1 Å². The standard InChI is InChI=1S/C18H22FN3O/c1-11(2)16-15(9-14-10-23-14)17(21-18(20-16)22(3)4)12-5-7-13(19)8-6-12/h5-8,11,14H,9-10H2,1-4H3. The predicted molar refractivity (Wildman–Crippen MR) is 89.3 cm³/mol. The zero-order valence-electron chi connectivity index (χ0n) is 14.0. The molecule has 1 fully saturated rings. The van der Waals surface area contributed by atoms with Gasteiger partial charge < -0.3 is 9.64 Å². The Hall–Kier alpha value is -2.01. The minimum atomic E-state index is -0.244. The molecular weight excluding hydrogens is 293 g/mol. The maximum Gasteiger partial charge on any atom is 0.225 e. The molecule has 1 aliphatic rings. The number of aromatic nitrogens is 2. The Kier molecular flexibility index (Phi) is 4.31. The number of nitrogens with zero attached hydrogens (tertiary/aromatic N) is 3. The number of epoxide rings is 1. The van der Waals surface area contributed by atoms with E-state index in [9.17, 15) is 4.39 Å². The molecule has 0 aliphatic carbocycles. The number of anilines is 1. The molecule has 0 N–H and O–H groups in total. The fraction of sp³-hybridized carbons (Fsp3) is 0.444. The molecule has 2 heterocycles. The lowest BCUT2D eigenvalue weighted by Crippen LogP contribution is -2.17. The lowest BCUT2D eigenvalue weighted by molar-refractivity contribution is 0.406. The summed E-state index contributed by atoms with van der Waals surface area (Å²) in [5.74, 6) is 0.713. The second kappa shape index (κ2) is 6.24. The van der Waals surface area contributed by atoms with Crippen LogP contribution in [0.5, 0.6) is 0 Å². The molecule has 1 saturated heterocycles. The van der Waals surface area contributed by atoms with E-state index in [1.807, 2.05) is 19.0 Å². The molecule has 0 spiro atoms. The predicted octanol–water partition coefficient (Wildman–Crippen LogP) is 3.41. The number of hydrogen-bond acceptors (Lipinski definition) is 4. The zero-order chi connectivity index (χ0) is 16.6. The minimum absolute atomic E-state index is 0.244. The summed E-state index contributed by atoms with van der Waals surface area (Å²) in [6, 6.07) is 6.50. The third-order valence-corrected chi connectivity index (χ3v) is 3.93. The van der Waals surface area contributed by atoms with Crippen LogP contribution in [0.2, 0.25) is 0 Å². The Balaban J connectivity index is 2.18. The molecule has 1 atom stereocenters. The van der Waals surface area contributed by atoms with Crippen molar-refractivity contribution in [1.29, 1.82) is 0 Å². The minimum Gasteiger partial charge on any atom is -0.373 e. The Bertz CT molecular complexity index is 694. The topological polar surface area (TPSA) is 41.6 Å². The van der Waals surface area contributed by atoms with Crippen molar-refractivity contribution in [2.24, 2.45) is 0 Å². The first-order chi connectivity index (χ1) is 11.0. The van der Waals surface area contributed by atoms with Crippen LogP contribution in [0.25, 0.3) is 11.3 Å². The monoisotopic (exact) mass is 315 g/mol. The highest BCUT2D eigenvalue weighted by atomic mass is 19.1. The summed E-state index contributed by atoms with van der Waals surface area (Å²) in [6.07, 6.45) is 1.05. The van der Waals surface area contributed by atoms with Crippen molar-refractivity contribution in [2.45, 2.75) is 32.3 Å². The van der Waals surface area contributed by atoms with Gasteiger partial charge in [-0.15, -0.1) is 0 Å². The highest BCUT2D eigenvalue weighted by Crippen LogP contribution is 2.32. The number of hydrogen-bond donors (Lipinski definition) is 0. The molecule has 3 rings (SSSR count). The van der Waals surface area contributed by atoms with Gasteiger partial charge in [0.2, 0.25) is 5.95 Å². The van der Waals surface area contributed by atoms with Crippen LogP contribution in [0.3, 0.4) is 0 Å². The molecule has 0 radical (unpaired) electrons. The van der Waals surface area contributed by atoms with Crippen LogP contribution in [0.4, 0.5) is 10.3 Å². The van der Waals surface area contributed by atoms with Crippen LogP contribution in [0, 0.1) is 5.82 Å². The maximum absolute atomic E-state index is 13.3. The number of halogens is 1. The van der Waals surface area contributed by atoms with E-state index in [-0.39, 0.29) is 17.8 Å². The normalized spacial score (nSPS) is 16.7. The van der Waals surface area contributed by atoms with Crippen LogP contribution in [0.1, 0.15) is 31.0 Å². The lowest BCUT2D eigenvalue weighted by Gasteiger charge is -2.20. The largest absolute Gasteiger partial charge is 0.373 e. The van der Waals surface area contributed by atoms with Crippen molar-refractivity contribution >= 4 is 5.95 Å². The van der Waals surface area contributed by atoms with Gasteiger partial charge in [0.25, 0.3) is 0 Å². The summed E-state index contributed by atoms with van der Waals surface area (Å²) in [5.41, 5.74) is 3.94. The van der Waals surface area contributed by atoms with Gasteiger partial charge in [-0.1, -0.05) is 13.8 Å². The van der Waals surface area contributed by atoms with Gasteiger partial charge in [0, 0.05) is 31.6 Å². The second-order valence-corrected chi connectivity index (χ2v) is 6.45. The van der Waals surface area contributed by atoms with Crippen molar-refractivity contribution in [3.05, 3.63) is 41.3 Å². The van der Waals surface area contributed by atoms with Gasteiger partial charge in [0.05, 0.1) is 24.1 Å². The summed E-state index contributed by atoms with van der Waals surface area (Å²) in [7, 11) is 3.86. The molecule has 0 amide bonds. The zero-order valence-corrected chi connectivity index (χ0v) is 14.0. The molecule has 0 bridgehead atoms. The molecule has 4 nitrogen and oxygen atoms in total. The van der Waals surface area contributed by atoms with E-state index in [4.69, 9.17) is 14.7 Å². The van der Waals surface area contributed by atoms with Gasteiger partial charge in [0.15, 0.2) is 0 Å². The molecule has 0 saturated carbocycles. The first-order valence-electron chi connectivity index (χ1n) is 7.91. The summed E-state index contributed by atoms with van der Waals surface area (Å²) >= 11 is 0. The van der Waals surface area contributed by atoms with Gasteiger partial charge in [-0.05, 0) is 30.2 Å². The Labute approximate surface area is 136 Å². The third-order valence-electron chi connectivity index (χ3n) is 3.93. The van der Waals surface area contributed by atoms with Gasteiger partial charge in [-0.2, -0.15) is 0 Å². The van der Waals surface area contributed by atoms with Crippen LogP contribution in [0.15, 0.2) is 24.3 Å². The Morgan fingerprint density at radius 3 is 2.39 bits per heavy atom. The Morgan fingerprint density at radius 1 is 1.22 bits per heavy atom. The van der Waals surface area contributed by atoms with Crippen molar-refractivity contribution < 1.29 is 9.13 Å². The average molecular weight is 315 g/mol. The smallest absolute Gasteiger partial charge is 0.225 e. The van der Waals surface area contributed by atoms with Crippen molar-refractivity contribution in [3.63, 3.8) is 0 Å². The van der Waals surface area contributed by atoms with Crippen molar-refractivity contribution in [1.82, 2.24) is 9.97 Å². The molecule has 23 heavy (non-hydrogen) atoms. The number of rotatable bonds is 5. The van der Waals surface area contributed by atoms with Gasteiger partial charge >= 0.3 is 0 Å². The number of benzene rings is 1. The van der Waals surface area contributed by atoms with Crippen molar-refractivity contribution in [2.75, 3.05) is 25.6 Å². The van der Waals surface area contributed by atoms with Gasteiger partial charge in [-0.3, -0.25) is 0 Å². The first-order valence-corrected chi connectivity index (χ1v) is 7.91. The molecule has 2 aromatic rings. The molecule has 1 unspecified atom stereocenters. The van der Waals surface area contributed by atoms with Crippen LogP contribution in [-0.4, -0.2) is 36.8 Å². The van der Waals surface area contributed by atoms with E-state index in [2.05, 4.69) is 13.8 Å². The average Bonchev–Trinajstić information content (AvgIpc) is 3.32. The van der Waals surface area contributed by atoms with E-state index in [1.165, 1.54) is 12.1 Å². The second-order valence-electron chi connectivity index (χ2n) is 6.45. The van der Waals surface area contributed by atoms with E-state index < -0.39 is 0 Å². The van der Waals surface area contributed by atoms with Crippen molar-refractivity contribution in [3.8, 4) is 11.3 Å². The van der Waals surface area contributed by atoms with Crippen LogP contribution < -0.4 is 4.90 Å². The van der Waals surface area contributed by atoms with E-state index >= 15 is 0 Å². The molecule has 5 heteroatoms. The van der Waals surface area contributed by atoms with Crippen LogP contribution >= 0.6 is 0 Å². The highest BCUT2D eigenvalue weighted by molar-refractivity contribution is 5.66. The van der Waals surface area contributed by atoms with E-state index in [0.29, 0.717) is 5.95 Å². The lowest BCUT2D eigenvalue weighted by atomic mass is 9.95. The summed E-state index contributed by atoms with van der Waals surface area (Å²) in [4.78, 5) is 11.4. The quantitative estimate of drug-likeness (QED) is 0.793. The van der Waals surface area contributed by atoms with Gasteiger partial charge in [0.1, 0.15) is 5.82 Å². The fourth-order valence-electron chi connectivity index (χ4n) is 2.63. The molecule has 122 valence electrons. The summed E-state index contributed by atoms with van der Waals surface area (Å²) < 4.78 is 18.7. The van der Waals surface area contributed by atoms with E-state index in [0.717, 1.165) is 35.5 Å². The maximum atomic E-state index is 13.3. The summed E-state index contributed by atoms with van der Waals surface area (Å²) in [5, 5.41) is 0. The third kappa shape index (κ3) is 3.50. The fourth-order valence-corrected chi connectivity index (χ4v) is 2.63. The molecular formula is C18H22FN3O. The molecule has 1 aliphatic heterocycles. The van der Waals surface area contributed by atoms with Gasteiger partial charge in [-0.25, -0.2) is 14.4 Å². The SMILES string of the molecule is CC(C)c1nc(N(C)C)nc(-c2ccc(F)cc2)c1CC1CO1. The summed E-state index contributed by atoms with van der Waals surface area (Å²) in [6.45, 7) is 5.05. The number of ether oxygens (including phenoxy) is 1.